The largest absolute Gasteiger partial charge is 0.478 e. The zero-order chi connectivity index (χ0) is 20.4. The fraction of sp³-hybridized carbons (Fsp3) is 0.471. The molecule has 0 aliphatic carbocycles. The summed E-state index contributed by atoms with van der Waals surface area (Å²) in [5.74, 6) is -1.80. The molecular formula is C17H23N3O6S. The summed E-state index contributed by atoms with van der Waals surface area (Å²) in [6.07, 6.45) is 2.08. The molecule has 1 aliphatic heterocycles. The van der Waals surface area contributed by atoms with Crippen LogP contribution in [0.2, 0.25) is 0 Å². The van der Waals surface area contributed by atoms with Crippen LogP contribution in [0.5, 0.6) is 0 Å². The van der Waals surface area contributed by atoms with Gasteiger partial charge in [-0.25, -0.2) is 18.0 Å². The third-order valence-electron chi connectivity index (χ3n) is 4.08. The Morgan fingerprint density at radius 2 is 1.89 bits per heavy atom. The summed E-state index contributed by atoms with van der Waals surface area (Å²) >= 11 is 0. The van der Waals surface area contributed by atoms with Crippen molar-refractivity contribution in [2.45, 2.75) is 43.7 Å². The Morgan fingerprint density at radius 1 is 1.22 bits per heavy atom. The first-order chi connectivity index (χ1) is 12.5. The molecule has 0 radical (unpaired) electrons. The molecule has 9 nitrogen and oxygen atoms in total. The predicted octanol–water partition coefficient (Wildman–Crippen LogP) is 1.31. The van der Waals surface area contributed by atoms with Crippen molar-refractivity contribution in [3.05, 3.63) is 23.8 Å². The van der Waals surface area contributed by atoms with Gasteiger partial charge in [0.05, 0.1) is 10.5 Å². The number of hydrogen-bond donors (Lipinski definition) is 3. The second-order valence-corrected chi connectivity index (χ2v) is 8.78. The van der Waals surface area contributed by atoms with Crippen molar-refractivity contribution in [3.63, 3.8) is 0 Å². The standard InChI is InChI=1S/C17H23N3O6S/c1-10(2)18-17(24)20-6-4-5-14(20)15(21)19-12-7-11(16(22)23)8-13(9-12)27(3,25)26/h7-10,14H,4-6H2,1-3H3,(H,18,24)(H,19,21)(H,22,23)/t14-/m0/s1. The average molecular weight is 397 g/mol. The number of carboxylic acids is 1. The van der Waals surface area contributed by atoms with Crippen LogP contribution in [0, 0.1) is 0 Å². The van der Waals surface area contributed by atoms with Crippen LogP contribution in [0.15, 0.2) is 23.1 Å². The van der Waals surface area contributed by atoms with E-state index < -0.39 is 27.8 Å². The number of carbonyl (C=O) groups excluding carboxylic acids is 2. The molecule has 1 aromatic carbocycles. The number of carbonyl (C=O) groups is 3. The third-order valence-corrected chi connectivity index (χ3v) is 5.17. The first-order valence-corrected chi connectivity index (χ1v) is 10.3. The molecule has 0 spiro atoms. The maximum absolute atomic E-state index is 12.6. The van der Waals surface area contributed by atoms with E-state index in [-0.39, 0.29) is 28.2 Å². The van der Waals surface area contributed by atoms with Crippen molar-refractivity contribution in [1.29, 1.82) is 0 Å². The van der Waals surface area contributed by atoms with Crippen molar-refractivity contribution < 1.29 is 27.9 Å². The molecule has 27 heavy (non-hydrogen) atoms. The van der Waals surface area contributed by atoms with Crippen LogP contribution in [0.3, 0.4) is 0 Å². The van der Waals surface area contributed by atoms with Crippen LogP contribution in [0.4, 0.5) is 10.5 Å². The fourth-order valence-corrected chi connectivity index (χ4v) is 3.53. The fourth-order valence-electron chi connectivity index (χ4n) is 2.85. The normalized spacial score (nSPS) is 17.0. The maximum Gasteiger partial charge on any atom is 0.335 e. The quantitative estimate of drug-likeness (QED) is 0.686. The van der Waals surface area contributed by atoms with E-state index in [1.54, 1.807) is 0 Å². The lowest BCUT2D eigenvalue weighted by atomic mass is 10.1. The Hall–Kier alpha value is -2.62. The van der Waals surface area contributed by atoms with Gasteiger partial charge in [-0.3, -0.25) is 4.79 Å². The summed E-state index contributed by atoms with van der Waals surface area (Å²) in [5, 5.41) is 14.5. The predicted molar refractivity (Wildman–Crippen MR) is 98.5 cm³/mol. The molecule has 148 valence electrons. The molecular weight excluding hydrogens is 374 g/mol. The van der Waals surface area contributed by atoms with E-state index in [0.29, 0.717) is 19.4 Å². The van der Waals surface area contributed by atoms with E-state index in [1.165, 1.54) is 17.0 Å². The van der Waals surface area contributed by atoms with Gasteiger partial charge >= 0.3 is 12.0 Å². The Morgan fingerprint density at radius 3 is 2.44 bits per heavy atom. The molecule has 0 saturated carbocycles. The lowest BCUT2D eigenvalue weighted by molar-refractivity contribution is -0.119. The van der Waals surface area contributed by atoms with Gasteiger partial charge in [0.25, 0.3) is 0 Å². The van der Waals surface area contributed by atoms with Gasteiger partial charge in [0.1, 0.15) is 6.04 Å². The highest BCUT2D eigenvalue weighted by Crippen LogP contribution is 2.22. The number of carboxylic acid groups (broad SMARTS) is 1. The van der Waals surface area contributed by atoms with E-state index in [0.717, 1.165) is 12.3 Å². The molecule has 1 aliphatic rings. The number of anilines is 1. The first kappa shape index (κ1) is 20.7. The van der Waals surface area contributed by atoms with Crippen molar-refractivity contribution in [2.75, 3.05) is 18.1 Å². The van der Waals surface area contributed by atoms with Gasteiger partial charge < -0.3 is 20.6 Å². The number of nitrogens with one attached hydrogen (secondary N) is 2. The molecule has 3 N–H and O–H groups in total. The Bertz CT molecular complexity index is 865. The van der Waals surface area contributed by atoms with E-state index in [4.69, 9.17) is 0 Å². The van der Waals surface area contributed by atoms with E-state index >= 15 is 0 Å². The van der Waals surface area contributed by atoms with Crippen LogP contribution < -0.4 is 10.6 Å². The second kappa shape index (κ2) is 7.95. The number of rotatable bonds is 5. The summed E-state index contributed by atoms with van der Waals surface area (Å²) < 4.78 is 23.6. The summed E-state index contributed by atoms with van der Waals surface area (Å²) in [4.78, 5) is 37.3. The van der Waals surface area contributed by atoms with Gasteiger partial charge in [-0.05, 0) is 44.9 Å². The van der Waals surface area contributed by atoms with Gasteiger partial charge in [0, 0.05) is 24.5 Å². The van der Waals surface area contributed by atoms with Gasteiger partial charge in [-0.2, -0.15) is 0 Å². The number of sulfone groups is 1. The van der Waals surface area contributed by atoms with Crippen LogP contribution in [-0.2, 0) is 14.6 Å². The highest BCUT2D eigenvalue weighted by molar-refractivity contribution is 7.90. The zero-order valence-corrected chi connectivity index (χ0v) is 16.2. The lowest BCUT2D eigenvalue weighted by Gasteiger charge is -2.25. The molecule has 0 unspecified atom stereocenters. The van der Waals surface area contributed by atoms with Crippen LogP contribution in [0.1, 0.15) is 37.0 Å². The minimum absolute atomic E-state index is 0.0523. The highest BCUT2D eigenvalue weighted by atomic mass is 32.2. The molecule has 0 aromatic heterocycles. The molecule has 0 bridgehead atoms. The SMILES string of the molecule is CC(C)NC(=O)N1CCC[C@H]1C(=O)Nc1cc(C(=O)O)cc(S(C)(=O)=O)c1. The number of likely N-dealkylation sites (tertiary alicyclic amines) is 1. The van der Waals surface area contributed by atoms with Crippen molar-refractivity contribution in [1.82, 2.24) is 10.2 Å². The summed E-state index contributed by atoms with van der Waals surface area (Å²) in [6.45, 7) is 4.06. The highest BCUT2D eigenvalue weighted by Gasteiger charge is 2.34. The van der Waals surface area contributed by atoms with Crippen LogP contribution in [0.25, 0.3) is 0 Å². The first-order valence-electron chi connectivity index (χ1n) is 8.45. The Labute approximate surface area is 157 Å². The summed E-state index contributed by atoms with van der Waals surface area (Å²) in [5.41, 5.74) is -0.203. The third kappa shape index (κ3) is 5.19. The second-order valence-electron chi connectivity index (χ2n) is 6.77. The van der Waals surface area contributed by atoms with Gasteiger partial charge in [0.2, 0.25) is 5.91 Å². The van der Waals surface area contributed by atoms with E-state index in [1.807, 2.05) is 13.8 Å². The zero-order valence-electron chi connectivity index (χ0n) is 15.4. The van der Waals surface area contributed by atoms with Gasteiger partial charge in [0.15, 0.2) is 9.84 Å². The van der Waals surface area contributed by atoms with Crippen LogP contribution in [-0.4, -0.2) is 61.2 Å². The Balaban J connectivity index is 2.25. The molecule has 1 saturated heterocycles. The minimum atomic E-state index is -3.66. The lowest BCUT2D eigenvalue weighted by Crippen LogP contribution is -2.49. The number of urea groups is 1. The molecule has 3 amide bonds. The number of amides is 3. The van der Waals surface area contributed by atoms with Crippen molar-refractivity contribution >= 4 is 33.4 Å². The van der Waals surface area contributed by atoms with Gasteiger partial charge in [-0.15, -0.1) is 0 Å². The van der Waals surface area contributed by atoms with Crippen molar-refractivity contribution in [2.24, 2.45) is 0 Å². The number of nitrogens with zero attached hydrogens (tertiary/aromatic N) is 1. The molecule has 1 aromatic rings. The Kier molecular flexibility index (Phi) is 6.09. The molecule has 1 atom stereocenters. The topological polar surface area (TPSA) is 133 Å². The van der Waals surface area contributed by atoms with Crippen LogP contribution >= 0.6 is 0 Å². The van der Waals surface area contributed by atoms with Crippen molar-refractivity contribution in [3.8, 4) is 0 Å². The van der Waals surface area contributed by atoms with E-state index in [9.17, 15) is 27.9 Å². The number of hydrogen-bond acceptors (Lipinski definition) is 5. The molecule has 1 fully saturated rings. The number of benzene rings is 1. The monoisotopic (exact) mass is 397 g/mol. The molecule has 10 heteroatoms. The smallest absolute Gasteiger partial charge is 0.335 e. The maximum atomic E-state index is 12.6. The number of aromatic carboxylic acids is 1. The van der Waals surface area contributed by atoms with E-state index in [2.05, 4.69) is 10.6 Å². The molecule has 2 rings (SSSR count). The van der Waals surface area contributed by atoms with Gasteiger partial charge in [-0.1, -0.05) is 0 Å². The summed E-state index contributed by atoms with van der Waals surface area (Å²) in [7, 11) is -3.66. The average Bonchev–Trinajstić information content (AvgIpc) is 3.02. The molecule has 1 heterocycles. The minimum Gasteiger partial charge on any atom is -0.478 e. The summed E-state index contributed by atoms with van der Waals surface area (Å²) in [6, 6.07) is 2.28.